The van der Waals surface area contributed by atoms with Crippen LogP contribution < -0.4 is 10.6 Å². The van der Waals surface area contributed by atoms with Crippen molar-refractivity contribution in [3.63, 3.8) is 0 Å². The summed E-state index contributed by atoms with van der Waals surface area (Å²) in [5.74, 6) is 0.663. The van der Waals surface area contributed by atoms with E-state index in [-0.39, 0.29) is 11.3 Å². The molecule has 1 spiro atoms. The molecule has 19 heavy (non-hydrogen) atoms. The van der Waals surface area contributed by atoms with Gasteiger partial charge in [-0.15, -0.1) is 0 Å². The fraction of sp³-hybridized carbons (Fsp3) is 0.938. The maximum Gasteiger partial charge on any atom is 0.220 e. The van der Waals surface area contributed by atoms with Crippen LogP contribution in [0.25, 0.3) is 0 Å². The van der Waals surface area contributed by atoms with E-state index in [0.29, 0.717) is 23.9 Å². The molecule has 3 heteroatoms. The molecule has 1 heterocycles. The van der Waals surface area contributed by atoms with E-state index >= 15 is 0 Å². The van der Waals surface area contributed by atoms with Crippen LogP contribution in [0.15, 0.2) is 0 Å². The van der Waals surface area contributed by atoms with Crippen molar-refractivity contribution in [3.8, 4) is 0 Å². The smallest absolute Gasteiger partial charge is 0.220 e. The van der Waals surface area contributed by atoms with E-state index < -0.39 is 0 Å². The first-order valence-corrected chi connectivity index (χ1v) is 7.85. The van der Waals surface area contributed by atoms with Gasteiger partial charge >= 0.3 is 0 Å². The molecule has 0 aromatic rings. The minimum atomic E-state index is 0.209. The maximum atomic E-state index is 12.2. The number of hydrogen-bond acceptors (Lipinski definition) is 2. The molecule has 2 rings (SSSR count). The Morgan fingerprint density at radius 2 is 2.11 bits per heavy atom. The predicted molar refractivity (Wildman–Crippen MR) is 79.0 cm³/mol. The van der Waals surface area contributed by atoms with Gasteiger partial charge in [-0.05, 0) is 50.0 Å². The van der Waals surface area contributed by atoms with E-state index in [0.717, 1.165) is 19.4 Å². The van der Waals surface area contributed by atoms with Crippen LogP contribution in [0, 0.1) is 11.3 Å². The van der Waals surface area contributed by atoms with Gasteiger partial charge in [-0.2, -0.15) is 0 Å². The van der Waals surface area contributed by atoms with Gasteiger partial charge in [-0.25, -0.2) is 0 Å². The van der Waals surface area contributed by atoms with Crippen molar-refractivity contribution in [2.24, 2.45) is 11.3 Å². The lowest BCUT2D eigenvalue weighted by molar-refractivity contribution is -0.123. The lowest BCUT2D eigenvalue weighted by Crippen LogP contribution is -2.59. The molecule has 0 bridgehead atoms. The molecule has 1 amide bonds. The van der Waals surface area contributed by atoms with Crippen LogP contribution in [0.5, 0.6) is 0 Å². The Hall–Kier alpha value is -0.570. The van der Waals surface area contributed by atoms with Crippen LogP contribution in [-0.4, -0.2) is 24.0 Å². The largest absolute Gasteiger partial charge is 0.353 e. The van der Waals surface area contributed by atoms with Crippen molar-refractivity contribution in [1.29, 1.82) is 0 Å². The van der Waals surface area contributed by atoms with Gasteiger partial charge in [0.15, 0.2) is 0 Å². The fourth-order valence-corrected chi connectivity index (χ4v) is 3.14. The summed E-state index contributed by atoms with van der Waals surface area (Å²) in [7, 11) is 0. The van der Waals surface area contributed by atoms with Gasteiger partial charge in [0.2, 0.25) is 5.91 Å². The topological polar surface area (TPSA) is 41.1 Å². The molecular formula is C16H30N2O. The van der Waals surface area contributed by atoms with Gasteiger partial charge in [0.05, 0.1) is 0 Å². The monoisotopic (exact) mass is 266 g/mol. The van der Waals surface area contributed by atoms with Crippen LogP contribution >= 0.6 is 0 Å². The van der Waals surface area contributed by atoms with Crippen molar-refractivity contribution >= 4 is 5.91 Å². The SMILES string of the molecule is CC(CC(=O)NC1CCNC2(CCC2)C1)C(C)(C)C. The average Bonchev–Trinajstić information content (AvgIpc) is 2.25. The summed E-state index contributed by atoms with van der Waals surface area (Å²) >= 11 is 0. The molecule has 2 atom stereocenters. The molecule has 1 saturated heterocycles. The standard InChI is InChI=1S/C16H30N2O/c1-12(15(2,3)4)10-14(19)18-13-6-9-17-16(11-13)7-5-8-16/h12-13,17H,5-11H2,1-4H3,(H,18,19). The van der Waals surface area contributed by atoms with Gasteiger partial charge < -0.3 is 10.6 Å². The first-order chi connectivity index (χ1) is 8.81. The molecule has 3 nitrogen and oxygen atoms in total. The van der Waals surface area contributed by atoms with Crippen LogP contribution in [0.2, 0.25) is 0 Å². The summed E-state index contributed by atoms with van der Waals surface area (Å²) in [4.78, 5) is 12.2. The Bertz CT molecular complexity index is 328. The summed E-state index contributed by atoms with van der Waals surface area (Å²) in [6.45, 7) is 9.85. The highest BCUT2D eigenvalue weighted by atomic mass is 16.1. The minimum absolute atomic E-state index is 0.209. The van der Waals surface area contributed by atoms with Crippen molar-refractivity contribution < 1.29 is 4.79 Å². The number of nitrogens with one attached hydrogen (secondary N) is 2. The van der Waals surface area contributed by atoms with E-state index in [9.17, 15) is 4.79 Å². The molecular weight excluding hydrogens is 236 g/mol. The van der Waals surface area contributed by atoms with Crippen LogP contribution in [0.1, 0.15) is 66.2 Å². The summed E-state index contributed by atoms with van der Waals surface area (Å²) in [5, 5.41) is 6.92. The Balaban J connectivity index is 1.79. The molecule has 110 valence electrons. The van der Waals surface area contributed by atoms with Gasteiger partial charge in [-0.1, -0.05) is 27.7 Å². The Labute approximate surface area is 117 Å². The third kappa shape index (κ3) is 3.71. The average molecular weight is 266 g/mol. The maximum absolute atomic E-state index is 12.2. The quantitative estimate of drug-likeness (QED) is 0.824. The molecule has 0 aromatic heterocycles. The number of hydrogen-bond donors (Lipinski definition) is 2. The van der Waals surface area contributed by atoms with Crippen LogP contribution in [-0.2, 0) is 4.79 Å². The van der Waals surface area contributed by atoms with E-state index in [2.05, 4.69) is 38.3 Å². The molecule has 1 aliphatic heterocycles. The molecule has 2 N–H and O–H groups in total. The fourth-order valence-electron chi connectivity index (χ4n) is 3.14. The number of amides is 1. The first kappa shape index (κ1) is 14.8. The second kappa shape index (κ2) is 5.43. The summed E-state index contributed by atoms with van der Waals surface area (Å²) in [6.07, 6.45) is 6.78. The van der Waals surface area contributed by atoms with Gasteiger partial charge in [0.25, 0.3) is 0 Å². The lowest BCUT2D eigenvalue weighted by atomic mass is 9.70. The highest BCUT2D eigenvalue weighted by Crippen LogP contribution is 2.38. The van der Waals surface area contributed by atoms with Crippen molar-refractivity contribution in [2.75, 3.05) is 6.54 Å². The van der Waals surface area contributed by atoms with Gasteiger partial charge in [0.1, 0.15) is 0 Å². The predicted octanol–water partition coefficient (Wildman–Crippen LogP) is 2.85. The zero-order chi connectivity index (χ0) is 14.1. The molecule has 1 aliphatic carbocycles. The molecule has 0 radical (unpaired) electrons. The van der Waals surface area contributed by atoms with Gasteiger partial charge in [-0.3, -0.25) is 4.79 Å². The van der Waals surface area contributed by atoms with E-state index in [1.807, 2.05) is 0 Å². The van der Waals surface area contributed by atoms with E-state index in [1.54, 1.807) is 0 Å². The third-order valence-electron chi connectivity index (χ3n) is 5.28. The minimum Gasteiger partial charge on any atom is -0.353 e. The Kier molecular flexibility index (Phi) is 4.24. The molecule has 0 aromatic carbocycles. The van der Waals surface area contributed by atoms with Crippen molar-refractivity contribution in [3.05, 3.63) is 0 Å². The van der Waals surface area contributed by atoms with Crippen molar-refractivity contribution in [2.45, 2.75) is 77.8 Å². The Morgan fingerprint density at radius 3 is 2.63 bits per heavy atom. The zero-order valence-electron chi connectivity index (χ0n) is 13.0. The third-order valence-corrected chi connectivity index (χ3v) is 5.28. The van der Waals surface area contributed by atoms with Crippen molar-refractivity contribution in [1.82, 2.24) is 10.6 Å². The first-order valence-electron chi connectivity index (χ1n) is 7.85. The van der Waals surface area contributed by atoms with E-state index in [4.69, 9.17) is 0 Å². The Morgan fingerprint density at radius 1 is 1.42 bits per heavy atom. The summed E-state index contributed by atoms with van der Waals surface area (Å²) in [5.41, 5.74) is 0.576. The normalized spacial score (nSPS) is 27.7. The number of rotatable bonds is 3. The van der Waals surface area contributed by atoms with Crippen LogP contribution in [0.4, 0.5) is 0 Å². The number of piperidine rings is 1. The molecule has 2 fully saturated rings. The molecule has 1 saturated carbocycles. The summed E-state index contributed by atoms with van der Waals surface area (Å²) in [6, 6.07) is 0.390. The lowest BCUT2D eigenvalue weighted by Gasteiger charge is -2.48. The second-order valence-electron chi connectivity index (χ2n) is 7.79. The second-order valence-corrected chi connectivity index (χ2v) is 7.79. The number of carbonyl (C=O) groups excluding carboxylic acids is 1. The zero-order valence-corrected chi connectivity index (χ0v) is 13.0. The van der Waals surface area contributed by atoms with E-state index in [1.165, 1.54) is 19.3 Å². The molecule has 2 aliphatic rings. The highest BCUT2D eigenvalue weighted by Gasteiger charge is 2.41. The number of carbonyl (C=O) groups is 1. The summed E-state index contributed by atoms with van der Waals surface area (Å²) < 4.78 is 0. The molecule has 2 unspecified atom stereocenters. The highest BCUT2D eigenvalue weighted by molar-refractivity contribution is 5.76. The van der Waals surface area contributed by atoms with Crippen LogP contribution in [0.3, 0.4) is 0 Å². The van der Waals surface area contributed by atoms with Gasteiger partial charge in [0, 0.05) is 18.0 Å².